The van der Waals surface area contributed by atoms with Gasteiger partial charge in [0.25, 0.3) is 0 Å². The Balaban J connectivity index is 1.61. The zero-order chi connectivity index (χ0) is 15.2. The first kappa shape index (κ1) is 14.5. The Kier molecular flexibility index (Phi) is 4.64. The van der Waals surface area contributed by atoms with Gasteiger partial charge in [-0.1, -0.05) is 6.07 Å². The summed E-state index contributed by atoms with van der Waals surface area (Å²) < 4.78 is 2.23. The van der Waals surface area contributed by atoms with Crippen molar-refractivity contribution in [3.05, 3.63) is 72.3 Å². The molecule has 0 amide bonds. The van der Waals surface area contributed by atoms with Crippen LogP contribution in [-0.4, -0.2) is 14.5 Å². The Labute approximate surface area is 131 Å². The van der Waals surface area contributed by atoms with Crippen molar-refractivity contribution in [1.82, 2.24) is 14.5 Å². The summed E-state index contributed by atoms with van der Waals surface area (Å²) in [6.07, 6.45) is 11.4. The molecule has 0 saturated heterocycles. The zero-order valence-corrected chi connectivity index (χ0v) is 12.9. The maximum absolute atomic E-state index is 4.47. The van der Waals surface area contributed by atoms with E-state index >= 15 is 0 Å². The SMILES string of the molecule is Cc1cccnc1-c1cc(CCCCn2cccc2)ccn1. The molecule has 0 unspecified atom stereocenters. The van der Waals surface area contributed by atoms with Crippen LogP contribution in [-0.2, 0) is 13.0 Å². The first-order valence-corrected chi connectivity index (χ1v) is 7.80. The Morgan fingerprint density at radius 2 is 1.82 bits per heavy atom. The fourth-order valence-electron chi connectivity index (χ4n) is 2.66. The minimum atomic E-state index is 0.973. The van der Waals surface area contributed by atoms with Crippen LogP contribution in [0.15, 0.2) is 61.2 Å². The number of nitrogens with zero attached hydrogens (tertiary/aromatic N) is 3. The Morgan fingerprint density at radius 3 is 2.64 bits per heavy atom. The second kappa shape index (κ2) is 7.03. The smallest absolute Gasteiger partial charge is 0.0915 e. The molecule has 0 atom stereocenters. The molecular formula is C19H21N3. The van der Waals surface area contributed by atoms with Crippen molar-refractivity contribution in [2.24, 2.45) is 0 Å². The molecule has 3 aromatic heterocycles. The molecule has 0 bridgehead atoms. The van der Waals surface area contributed by atoms with E-state index in [1.54, 1.807) is 0 Å². The third kappa shape index (κ3) is 3.61. The summed E-state index contributed by atoms with van der Waals surface area (Å²) in [5.74, 6) is 0. The van der Waals surface area contributed by atoms with Gasteiger partial charge in [-0.3, -0.25) is 9.97 Å². The monoisotopic (exact) mass is 291 g/mol. The summed E-state index contributed by atoms with van der Waals surface area (Å²) in [5.41, 5.74) is 4.46. The number of rotatable bonds is 6. The van der Waals surface area contributed by atoms with Crippen molar-refractivity contribution in [2.45, 2.75) is 32.7 Å². The van der Waals surface area contributed by atoms with Crippen LogP contribution in [0.5, 0.6) is 0 Å². The highest BCUT2D eigenvalue weighted by molar-refractivity contribution is 5.58. The van der Waals surface area contributed by atoms with Crippen LogP contribution >= 0.6 is 0 Å². The molecule has 3 heteroatoms. The molecule has 0 aliphatic rings. The van der Waals surface area contributed by atoms with Crippen molar-refractivity contribution in [1.29, 1.82) is 0 Å². The Hall–Kier alpha value is -2.42. The average Bonchev–Trinajstić information content (AvgIpc) is 3.06. The van der Waals surface area contributed by atoms with Crippen molar-refractivity contribution >= 4 is 0 Å². The van der Waals surface area contributed by atoms with Crippen LogP contribution in [0.4, 0.5) is 0 Å². The first-order chi connectivity index (χ1) is 10.8. The van der Waals surface area contributed by atoms with Gasteiger partial charge < -0.3 is 4.57 Å². The lowest BCUT2D eigenvalue weighted by molar-refractivity contribution is 0.611. The first-order valence-electron chi connectivity index (χ1n) is 7.80. The molecule has 22 heavy (non-hydrogen) atoms. The van der Waals surface area contributed by atoms with Crippen LogP contribution < -0.4 is 0 Å². The molecule has 0 spiro atoms. The van der Waals surface area contributed by atoms with Crippen LogP contribution in [0.1, 0.15) is 24.0 Å². The summed E-state index contributed by atoms with van der Waals surface area (Å²) in [6.45, 7) is 3.16. The molecular weight excluding hydrogens is 270 g/mol. The van der Waals surface area contributed by atoms with Crippen LogP contribution in [0.3, 0.4) is 0 Å². The van der Waals surface area contributed by atoms with Crippen LogP contribution in [0.2, 0.25) is 0 Å². The molecule has 3 rings (SSSR count). The van der Waals surface area contributed by atoms with E-state index < -0.39 is 0 Å². The molecule has 0 aliphatic carbocycles. The van der Waals surface area contributed by atoms with Crippen LogP contribution in [0, 0.1) is 6.92 Å². The van der Waals surface area contributed by atoms with Crippen molar-refractivity contribution in [3.8, 4) is 11.4 Å². The van der Waals surface area contributed by atoms with Gasteiger partial charge in [0.15, 0.2) is 0 Å². The average molecular weight is 291 g/mol. The minimum absolute atomic E-state index is 0.973. The predicted octanol–water partition coefficient (Wildman–Crippen LogP) is 4.28. The minimum Gasteiger partial charge on any atom is -0.354 e. The molecule has 0 fully saturated rings. The quantitative estimate of drug-likeness (QED) is 0.635. The van der Waals surface area contributed by atoms with Gasteiger partial charge in [-0.05, 0) is 67.6 Å². The predicted molar refractivity (Wildman–Crippen MR) is 89.6 cm³/mol. The van der Waals surface area contributed by atoms with E-state index in [0.717, 1.165) is 24.4 Å². The lowest BCUT2D eigenvalue weighted by Crippen LogP contribution is -1.96. The summed E-state index contributed by atoms with van der Waals surface area (Å²) in [6, 6.07) is 12.5. The Morgan fingerprint density at radius 1 is 0.955 bits per heavy atom. The molecule has 3 heterocycles. The van der Waals surface area contributed by atoms with Gasteiger partial charge in [0.05, 0.1) is 11.4 Å². The van der Waals surface area contributed by atoms with E-state index in [2.05, 4.69) is 64.2 Å². The fraction of sp³-hybridized carbons (Fsp3) is 0.263. The molecule has 0 radical (unpaired) electrons. The normalized spacial score (nSPS) is 10.8. The highest BCUT2D eigenvalue weighted by atomic mass is 14.9. The number of pyridine rings is 2. The van der Waals surface area contributed by atoms with Gasteiger partial charge in [0, 0.05) is 31.3 Å². The van der Waals surface area contributed by atoms with Gasteiger partial charge in [-0.25, -0.2) is 0 Å². The van der Waals surface area contributed by atoms with E-state index in [-0.39, 0.29) is 0 Å². The molecule has 3 nitrogen and oxygen atoms in total. The third-order valence-corrected chi connectivity index (χ3v) is 3.87. The van der Waals surface area contributed by atoms with Gasteiger partial charge in [0.2, 0.25) is 0 Å². The molecule has 0 N–H and O–H groups in total. The van der Waals surface area contributed by atoms with Crippen molar-refractivity contribution in [2.75, 3.05) is 0 Å². The second-order valence-electron chi connectivity index (χ2n) is 5.60. The van der Waals surface area contributed by atoms with E-state index in [1.807, 2.05) is 18.5 Å². The third-order valence-electron chi connectivity index (χ3n) is 3.87. The lowest BCUT2D eigenvalue weighted by atomic mass is 10.1. The summed E-state index contributed by atoms with van der Waals surface area (Å²) in [4.78, 5) is 8.93. The van der Waals surface area contributed by atoms with Gasteiger partial charge >= 0.3 is 0 Å². The molecule has 0 aliphatic heterocycles. The largest absolute Gasteiger partial charge is 0.354 e. The highest BCUT2D eigenvalue weighted by Crippen LogP contribution is 2.19. The number of aryl methyl sites for hydroxylation is 3. The number of unbranched alkanes of at least 4 members (excludes halogenated alkanes) is 1. The van der Waals surface area contributed by atoms with Crippen molar-refractivity contribution in [3.63, 3.8) is 0 Å². The summed E-state index contributed by atoms with van der Waals surface area (Å²) >= 11 is 0. The maximum atomic E-state index is 4.47. The van der Waals surface area contributed by atoms with E-state index in [9.17, 15) is 0 Å². The highest BCUT2D eigenvalue weighted by Gasteiger charge is 2.05. The fourth-order valence-corrected chi connectivity index (χ4v) is 2.66. The second-order valence-corrected chi connectivity index (χ2v) is 5.60. The van der Waals surface area contributed by atoms with E-state index in [4.69, 9.17) is 0 Å². The topological polar surface area (TPSA) is 30.7 Å². The van der Waals surface area contributed by atoms with Crippen molar-refractivity contribution < 1.29 is 0 Å². The number of hydrogen-bond acceptors (Lipinski definition) is 2. The van der Waals surface area contributed by atoms with E-state index in [0.29, 0.717) is 0 Å². The summed E-state index contributed by atoms with van der Waals surface area (Å²) in [7, 11) is 0. The van der Waals surface area contributed by atoms with E-state index in [1.165, 1.54) is 24.0 Å². The molecule has 0 aromatic carbocycles. The summed E-state index contributed by atoms with van der Waals surface area (Å²) in [5, 5.41) is 0. The number of hydrogen-bond donors (Lipinski definition) is 0. The zero-order valence-electron chi connectivity index (χ0n) is 12.9. The standard InChI is InChI=1S/C19H21N3/c1-16-7-6-10-21-19(16)18-15-17(9-11-20-18)8-2-3-12-22-13-4-5-14-22/h4-7,9-11,13-15H,2-3,8,12H2,1H3. The van der Waals surface area contributed by atoms with Gasteiger partial charge in [0.1, 0.15) is 0 Å². The number of aromatic nitrogens is 3. The van der Waals surface area contributed by atoms with Gasteiger partial charge in [-0.15, -0.1) is 0 Å². The maximum Gasteiger partial charge on any atom is 0.0915 e. The lowest BCUT2D eigenvalue weighted by Gasteiger charge is -2.07. The Bertz CT molecular complexity index is 717. The molecule has 0 saturated carbocycles. The molecule has 112 valence electrons. The van der Waals surface area contributed by atoms with Crippen LogP contribution in [0.25, 0.3) is 11.4 Å². The molecule has 3 aromatic rings. The van der Waals surface area contributed by atoms with Gasteiger partial charge in [-0.2, -0.15) is 0 Å².